The van der Waals surface area contributed by atoms with E-state index in [0.29, 0.717) is 29.6 Å². The summed E-state index contributed by atoms with van der Waals surface area (Å²) in [7, 11) is 4.85. The molecule has 0 aliphatic heterocycles. The van der Waals surface area contributed by atoms with Crippen molar-refractivity contribution in [2.75, 3.05) is 20.8 Å². The van der Waals surface area contributed by atoms with Gasteiger partial charge in [-0.15, -0.1) is 10.2 Å². The van der Waals surface area contributed by atoms with E-state index in [0.717, 1.165) is 11.1 Å². The van der Waals surface area contributed by atoms with E-state index in [9.17, 15) is 4.79 Å². The number of carbonyl (C=O) groups is 1. The number of hydrogen-bond acceptors (Lipinski definition) is 7. The van der Waals surface area contributed by atoms with Crippen LogP contribution in [0.4, 0.5) is 0 Å². The second-order valence-electron chi connectivity index (χ2n) is 5.88. The topological polar surface area (TPSA) is 100 Å². The van der Waals surface area contributed by atoms with E-state index in [1.165, 1.54) is 4.80 Å². The van der Waals surface area contributed by atoms with Crippen LogP contribution in [-0.2, 0) is 18.4 Å². The molecule has 0 aliphatic rings. The van der Waals surface area contributed by atoms with Crippen LogP contribution in [0.1, 0.15) is 5.56 Å². The quantitative estimate of drug-likeness (QED) is 0.630. The van der Waals surface area contributed by atoms with Crippen LogP contribution >= 0.6 is 0 Å². The van der Waals surface area contributed by atoms with E-state index in [2.05, 4.69) is 20.7 Å². The molecular formula is C19H21N5O4. The molecule has 28 heavy (non-hydrogen) atoms. The Kier molecular flexibility index (Phi) is 6.05. The smallest absolute Gasteiger partial charge is 0.258 e. The molecular weight excluding hydrogens is 362 g/mol. The lowest BCUT2D eigenvalue weighted by atomic mass is 10.2. The lowest BCUT2D eigenvalue weighted by Crippen LogP contribution is -2.28. The van der Waals surface area contributed by atoms with Gasteiger partial charge in [0.25, 0.3) is 5.91 Å². The van der Waals surface area contributed by atoms with E-state index < -0.39 is 0 Å². The maximum atomic E-state index is 12.0. The van der Waals surface area contributed by atoms with Gasteiger partial charge in [0.15, 0.2) is 18.1 Å². The van der Waals surface area contributed by atoms with Gasteiger partial charge < -0.3 is 19.5 Å². The van der Waals surface area contributed by atoms with Crippen molar-refractivity contribution in [3.05, 3.63) is 48.0 Å². The molecule has 3 aromatic rings. The van der Waals surface area contributed by atoms with E-state index in [1.54, 1.807) is 39.5 Å². The molecule has 1 aromatic heterocycles. The molecule has 3 rings (SSSR count). The Bertz CT molecular complexity index is 940. The minimum atomic E-state index is -0.227. The second-order valence-corrected chi connectivity index (χ2v) is 5.88. The Balaban J connectivity index is 1.49. The van der Waals surface area contributed by atoms with Crippen molar-refractivity contribution in [1.82, 2.24) is 25.5 Å². The first-order valence-electron chi connectivity index (χ1n) is 8.54. The number of amides is 1. The van der Waals surface area contributed by atoms with Gasteiger partial charge >= 0.3 is 0 Å². The third-order valence-corrected chi connectivity index (χ3v) is 3.93. The van der Waals surface area contributed by atoms with Crippen molar-refractivity contribution in [2.45, 2.75) is 6.54 Å². The van der Waals surface area contributed by atoms with Gasteiger partial charge in [0.1, 0.15) is 5.75 Å². The van der Waals surface area contributed by atoms with Crippen molar-refractivity contribution in [2.24, 2.45) is 7.05 Å². The van der Waals surface area contributed by atoms with Gasteiger partial charge in [-0.25, -0.2) is 0 Å². The summed E-state index contributed by atoms with van der Waals surface area (Å²) in [5.41, 5.74) is 1.71. The average Bonchev–Trinajstić information content (AvgIpc) is 3.17. The van der Waals surface area contributed by atoms with Gasteiger partial charge in [-0.3, -0.25) is 4.79 Å². The first-order chi connectivity index (χ1) is 13.6. The highest BCUT2D eigenvalue weighted by Gasteiger charge is 2.08. The van der Waals surface area contributed by atoms with Crippen LogP contribution in [0.3, 0.4) is 0 Å². The molecule has 0 atom stereocenters. The molecule has 9 heteroatoms. The number of ether oxygens (including phenoxy) is 3. The number of aryl methyl sites for hydroxylation is 1. The molecule has 0 bridgehead atoms. The fraction of sp³-hybridized carbons (Fsp3) is 0.263. The summed E-state index contributed by atoms with van der Waals surface area (Å²) in [6.07, 6.45) is 0. The van der Waals surface area contributed by atoms with Crippen LogP contribution in [-0.4, -0.2) is 46.9 Å². The highest BCUT2D eigenvalue weighted by Crippen LogP contribution is 2.27. The number of methoxy groups -OCH3 is 2. The number of hydrogen-bond donors (Lipinski definition) is 1. The fourth-order valence-electron chi connectivity index (χ4n) is 2.49. The summed E-state index contributed by atoms with van der Waals surface area (Å²) in [5, 5.41) is 14.7. The first-order valence-corrected chi connectivity index (χ1v) is 8.54. The monoisotopic (exact) mass is 383 g/mol. The molecule has 2 aromatic carbocycles. The molecule has 0 unspecified atom stereocenters. The van der Waals surface area contributed by atoms with E-state index in [-0.39, 0.29) is 12.5 Å². The van der Waals surface area contributed by atoms with Gasteiger partial charge in [0.2, 0.25) is 5.82 Å². The zero-order valence-electron chi connectivity index (χ0n) is 15.9. The number of rotatable bonds is 8. The van der Waals surface area contributed by atoms with Gasteiger partial charge in [-0.2, -0.15) is 4.80 Å². The van der Waals surface area contributed by atoms with Crippen LogP contribution in [0.15, 0.2) is 42.5 Å². The van der Waals surface area contributed by atoms with Crippen molar-refractivity contribution in [3.63, 3.8) is 0 Å². The lowest BCUT2D eigenvalue weighted by molar-refractivity contribution is -0.123. The van der Waals surface area contributed by atoms with Crippen LogP contribution in [0.2, 0.25) is 0 Å². The highest BCUT2D eigenvalue weighted by atomic mass is 16.5. The molecule has 0 aliphatic carbocycles. The third kappa shape index (κ3) is 4.76. The van der Waals surface area contributed by atoms with E-state index in [1.807, 2.05) is 24.3 Å². The SMILES string of the molecule is COc1ccc(CNC(=O)COc2ccc(-c3nnn(C)n3)cc2)cc1OC. The Labute approximate surface area is 162 Å². The summed E-state index contributed by atoms with van der Waals surface area (Å²) in [6.45, 7) is 0.274. The molecule has 0 spiro atoms. The van der Waals surface area contributed by atoms with Crippen LogP contribution in [0, 0.1) is 0 Å². The highest BCUT2D eigenvalue weighted by molar-refractivity contribution is 5.77. The molecule has 9 nitrogen and oxygen atoms in total. The van der Waals surface area contributed by atoms with Gasteiger partial charge in [0.05, 0.1) is 21.3 Å². The fourth-order valence-corrected chi connectivity index (χ4v) is 2.49. The maximum Gasteiger partial charge on any atom is 0.258 e. The zero-order valence-corrected chi connectivity index (χ0v) is 15.9. The molecule has 0 fully saturated rings. The lowest BCUT2D eigenvalue weighted by Gasteiger charge is -2.11. The maximum absolute atomic E-state index is 12.0. The molecule has 0 radical (unpaired) electrons. The Morgan fingerprint density at radius 3 is 2.46 bits per heavy atom. The molecule has 1 N–H and O–H groups in total. The number of nitrogens with zero attached hydrogens (tertiary/aromatic N) is 4. The number of carbonyl (C=O) groups excluding carboxylic acids is 1. The van der Waals surface area contributed by atoms with Crippen molar-refractivity contribution in [1.29, 1.82) is 0 Å². The van der Waals surface area contributed by atoms with Crippen LogP contribution in [0.25, 0.3) is 11.4 Å². The summed E-state index contributed by atoms with van der Waals surface area (Å²) in [6, 6.07) is 12.6. The van der Waals surface area contributed by atoms with Crippen LogP contribution < -0.4 is 19.5 Å². The Morgan fingerprint density at radius 1 is 1.07 bits per heavy atom. The summed E-state index contributed by atoms with van der Waals surface area (Å²) < 4.78 is 16.0. The molecule has 146 valence electrons. The van der Waals surface area contributed by atoms with Gasteiger partial charge in [-0.1, -0.05) is 6.07 Å². The van der Waals surface area contributed by atoms with E-state index >= 15 is 0 Å². The molecule has 0 saturated carbocycles. The predicted octanol–water partition coefficient (Wildman–Crippen LogP) is 1.59. The summed E-state index contributed by atoms with van der Waals surface area (Å²) >= 11 is 0. The number of aromatic nitrogens is 4. The molecule has 1 heterocycles. The Morgan fingerprint density at radius 2 is 1.82 bits per heavy atom. The van der Waals surface area contributed by atoms with Gasteiger partial charge in [0, 0.05) is 12.1 Å². The predicted molar refractivity (Wildman–Crippen MR) is 101 cm³/mol. The Hall–Kier alpha value is -3.62. The minimum Gasteiger partial charge on any atom is -0.493 e. The standard InChI is InChI=1S/C19H21N5O4/c1-24-22-19(21-23-24)14-5-7-15(8-6-14)28-12-18(25)20-11-13-4-9-16(26-2)17(10-13)27-3/h4-10H,11-12H2,1-3H3,(H,20,25). The average molecular weight is 383 g/mol. The van der Waals surface area contributed by atoms with Gasteiger partial charge in [-0.05, 0) is 47.2 Å². The van der Waals surface area contributed by atoms with E-state index in [4.69, 9.17) is 14.2 Å². The number of nitrogens with one attached hydrogen (secondary N) is 1. The third-order valence-electron chi connectivity index (χ3n) is 3.93. The van der Waals surface area contributed by atoms with Crippen molar-refractivity contribution in [3.8, 4) is 28.6 Å². The largest absolute Gasteiger partial charge is 0.493 e. The number of tetrazole rings is 1. The second kappa shape index (κ2) is 8.85. The van der Waals surface area contributed by atoms with Crippen molar-refractivity contribution < 1.29 is 19.0 Å². The normalized spacial score (nSPS) is 10.4. The minimum absolute atomic E-state index is 0.0873. The summed E-state index contributed by atoms with van der Waals surface area (Å²) in [4.78, 5) is 13.4. The van der Waals surface area contributed by atoms with Crippen molar-refractivity contribution >= 4 is 5.91 Å². The molecule has 1 amide bonds. The summed E-state index contributed by atoms with van der Waals surface area (Å²) in [5.74, 6) is 2.13. The number of benzene rings is 2. The zero-order chi connectivity index (χ0) is 19.9. The molecule has 0 saturated heterocycles. The van der Waals surface area contributed by atoms with Crippen LogP contribution in [0.5, 0.6) is 17.2 Å². The first kappa shape index (κ1) is 19.2.